The summed E-state index contributed by atoms with van der Waals surface area (Å²) in [6, 6.07) is -0.844. The molecule has 0 spiro atoms. The van der Waals surface area contributed by atoms with E-state index in [2.05, 4.69) is 6.92 Å². The van der Waals surface area contributed by atoms with E-state index < -0.39 is 6.04 Å². The van der Waals surface area contributed by atoms with Crippen molar-refractivity contribution in [2.24, 2.45) is 0 Å². The predicted octanol–water partition coefficient (Wildman–Crippen LogP) is 3.92. The summed E-state index contributed by atoms with van der Waals surface area (Å²) in [5.74, 6) is -0.312. The maximum atomic E-state index is 12.6. The molecule has 1 unspecified atom stereocenters. The minimum absolute atomic E-state index is 0.0778. The molecule has 0 fully saturated rings. The van der Waals surface area contributed by atoms with Crippen LogP contribution in [0.1, 0.15) is 96.8 Å². The van der Waals surface area contributed by atoms with Crippen LogP contribution in [0.25, 0.3) is 0 Å². The van der Waals surface area contributed by atoms with Crippen molar-refractivity contribution in [3.8, 4) is 0 Å². The third-order valence-electron chi connectivity index (χ3n) is 5.72. The van der Waals surface area contributed by atoms with Crippen molar-refractivity contribution in [1.82, 2.24) is 4.90 Å². The first kappa shape index (κ1) is 30.0. The van der Waals surface area contributed by atoms with E-state index in [9.17, 15) is 19.8 Å². The Hall–Kier alpha value is -0.980. The van der Waals surface area contributed by atoms with E-state index in [0.29, 0.717) is 10.9 Å². The van der Waals surface area contributed by atoms with Gasteiger partial charge in [-0.2, -0.15) is 0 Å². The molecule has 0 bridgehead atoms. The second-order valence-electron chi connectivity index (χ2n) is 9.92. The van der Waals surface area contributed by atoms with Gasteiger partial charge in [0.25, 0.3) is 5.91 Å². The highest BCUT2D eigenvalue weighted by molar-refractivity contribution is 5.89. The Morgan fingerprint density at radius 3 is 1.61 bits per heavy atom. The number of Topliss-reactive ketones (excluding diaryl/α,β-unsaturated/α-hetero) is 1. The Kier molecular flexibility index (Phi) is 18.0. The molecular weight excluding hydrogens is 392 g/mol. The number of hydrogen-bond donors (Lipinski definition) is 2. The lowest BCUT2D eigenvalue weighted by Crippen LogP contribution is -2.53. The topological polar surface area (TPSA) is 77.8 Å². The van der Waals surface area contributed by atoms with Gasteiger partial charge in [-0.15, -0.1) is 0 Å². The highest BCUT2D eigenvalue weighted by atomic mass is 16.3. The normalized spacial score (nSPS) is 12.7. The Balaban J connectivity index is 4.04. The largest absolute Gasteiger partial charge is 0.395 e. The summed E-state index contributed by atoms with van der Waals surface area (Å²) in [5, 5.41) is 19.1. The summed E-state index contributed by atoms with van der Waals surface area (Å²) >= 11 is 0. The smallest absolute Gasteiger partial charge is 0.278 e. The highest BCUT2D eigenvalue weighted by Gasteiger charge is 2.30. The van der Waals surface area contributed by atoms with Gasteiger partial charge < -0.3 is 19.6 Å². The van der Waals surface area contributed by atoms with E-state index in [1.165, 1.54) is 69.1 Å². The Labute approximate surface area is 191 Å². The summed E-state index contributed by atoms with van der Waals surface area (Å²) in [5.41, 5.74) is 0. The number of carbonyl (C=O) groups is 2. The third kappa shape index (κ3) is 16.3. The number of hydrogen-bond acceptors (Lipinski definition) is 4. The molecule has 0 saturated heterocycles. The van der Waals surface area contributed by atoms with Crippen molar-refractivity contribution in [2.45, 2.75) is 103 Å². The Morgan fingerprint density at radius 1 is 0.774 bits per heavy atom. The molecule has 0 rings (SSSR count). The predicted molar refractivity (Wildman–Crippen MR) is 128 cm³/mol. The minimum Gasteiger partial charge on any atom is -0.395 e. The van der Waals surface area contributed by atoms with E-state index in [1.54, 1.807) is 0 Å². The number of likely N-dealkylation sites (N-methyl/N-ethyl adjacent to an activating group) is 1. The molecule has 6 nitrogen and oxygen atoms in total. The molecule has 0 saturated carbocycles. The zero-order valence-electron chi connectivity index (χ0n) is 20.9. The lowest BCUT2D eigenvalue weighted by Gasteiger charge is -2.32. The van der Waals surface area contributed by atoms with Crippen LogP contribution >= 0.6 is 0 Å². The van der Waals surface area contributed by atoms with Crippen LogP contribution in [0, 0.1) is 0 Å². The molecule has 0 heterocycles. The van der Waals surface area contributed by atoms with Gasteiger partial charge in [0.1, 0.15) is 6.04 Å². The molecule has 0 aromatic heterocycles. The number of aliphatic hydroxyl groups is 2. The van der Waals surface area contributed by atoms with E-state index in [1.807, 2.05) is 21.1 Å². The summed E-state index contributed by atoms with van der Waals surface area (Å²) < 4.78 is 0.436. The summed E-state index contributed by atoms with van der Waals surface area (Å²) in [6.45, 7) is 1.95. The molecule has 0 aliphatic rings. The standard InChI is InChI=1S/C25H51N2O4/c1-5-6-7-8-9-10-11-12-13-14-15-16-17-18-24(30)23(22-29)26(19-20-28)25(31)21-27(2,3)4/h23,28-29H,5-22H2,1-4H3/q+1. The molecule has 1 amide bonds. The van der Waals surface area contributed by atoms with Crippen molar-refractivity contribution in [1.29, 1.82) is 0 Å². The first-order chi connectivity index (χ1) is 14.8. The zero-order chi connectivity index (χ0) is 23.5. The van der Waals surface area contributed by atoms with Crippen LogP contribution in [-0.4, -0.2) is 84.8 Å². The lowest BCUT2D eigenvalue weighted by molar-refractivity contribution is -0.862. The molecule has 0 radical (unpaired) electrons. The number of nitrogens with zero attached hydrogens (tertiary/aromatic N) is 2. The van der Waals surface area contributed by atoms with Crippen LogP contribution in [0.3, 0.4) is 0 Å². The fourth-order valence-electron chi connectivity index (χ4n) is 3.92. The average molecular weight is 444 g/mol. The van der Waals surface area contributed by atoms with Gasteiger partial charge in [0.05, 0.1) is 34.4 Å². The number of amides is 1. The fraction of sp³-hybridized carbons (Fsp3) is 0.920. The van der Waals surface area contributed by atoms with E-state index in [4.69, 9.17) is 0 Å². The second kappa shape index (κ2) is 18.6. The molecular formula is C25H51N2O4+. The maximum absolute atomic E-state index is 12.6. The van der Waals surface area contributed by atoms with Crippen molar-refractivity contribution >= 4 is 11.7 Å². The number of carbonyl (C=O) groups excluding carboxylic acids is 2. The molecule has 0 aliphatic heterocycles. The number of unbranched alkanes of at least 4 members (excludes halogenated alkanes) is 12. The van der Waals surface area contributed by atoms with Gasteiger partial charge in [-0.25, -0.2) is 0 Å². The van der Waals surface area contributed by atoms with Crippen molar-refractivity contribution in [3.63, 3.8) is 0 Å². The van der Waals surface area contributed by atoms with Crippen LogP contribution in [-0.2, 0) is 9.59 Å². The summed E-state index contributed by atoms with van der Waals surface area (Å²) in [7, 11) is 5.70. The number of ketones is 1. The van der Waals surface area contributed by atoms with Crippen molar-refractivity contribution in [3.05, 3.63) is 0 Å². The molecule has 1 atom stereocenters. The van der Waals surface area contributed by atoms with Gasteiger partial charge in [-0.05, 0) is 6.42 Å². The maximum Gasteiger partial charge on any atom is 0.278 e. The van der Waals surface area contributed by atoms with Crippen LogP contribution in [0.5, 0.6) is 0 Å². The van der Waals surface area contributed by atoms with E-state index in [0.717, 1.165) is 19.3 Å². The van der Waals surface area contributed by atoms with E-state index in [-0.39, 0.29) is 38.0 Å². The van der Waals surface area contributed by atoms with Crippen LogP contribution < -0.4 is 0 Å². The number of aliphatic hydroxyl groups excluding tert-OH is 2. The quantitative estimate of drug-likeness (QED) is 0.208. The van der Waals surface area contributed by atoms with E-state index >= 15 is 0 Å². The average Bonchev–Trinajstić information content (AvgIpc) is 2.70. The van der Waals surface area contributed by atoms with Gasteiger partial charge in [-0.3, -0.25) is 9.59 Å². The Morgan fingerprint density at radius 2 is 1.23 bits per heavy atom. The van der Waals surface area contributed by atoms with Crippen LogP contribution in [0.15, 0.2) is 0 Å². The minimum atomic E-state index is -0.844. The van der Waals surface area contributed by atoms with Gasteiger partial charge in [-0.1, -0.05) is 84.0 Å². The summed E-state index contributed by atoms with van der Waals surface area (Å²) in [4.78, 5) is 26.6. The molecule has 2 N–H and O–H groups in total. The zero-order valence-corrected chi connectivity index (χ0v) is 20.9. The second-order valence-corrected chi connectivity index (χ2v) is 9.92. The first-order valence-electron chi connectivity index (χ1n) is 12.6. The number of quaternary nitrogens is 1. The SMILES string of the molecule is CCCCCCCCCCCCCCCC(=O)C(CO)N(CCO)C(=O)C[N+](C)(C)C. The fourth-order valence-corrected chi connectivity index (χ4v) is 3.92. The van der Waals surface area contributed by atoms with Crippen LogP contribution in [0.4, 0.5) is 0 Å². The molecule has 31 heavy (non-hydrogen) atoms. The van der Waals surface area contributed by atoms with Gasteiger partial charge in [0, 0.05) is 13.0 Å². The van der Waals surface area contributed by atoms with Crippen molar-refractivity contribution in [2.75, 3.05) is 47.4 Å². The van der Waals surface area contributed by atoms with Gasteiger partial charge >= 0.3 is 0 Å². The molecule has 0 aliphatic carbocycles. The number of rotatable bonds is 21. The highest BCUT2D eigenvalue weighted by Crippen LogP contribution is 2.14. The van der Waals surface area contributed by atoms with Crippen LogP contribution in [0.2, 0.25) is 0 Å². The Bertz CT molecular complexity index is 463. The van der Waals surface area contributed by atoms with Gasteiger partial charge in [0.15, 0.2) is 12.3 Å². The monoisotopic (exact) mass is 443 g/mol. The molecule has 184 valence electrons. The summed E-state index contributed by atoms with van der Waals surface area (Å²) in [6.07, 6.45) is 16.6. The van der Waals surface area contributed by atoms with Crippen molar-refractivity contribution < 1.29 is 24.3 Å². The molecule has 6 heteroatoms. The molecule has 0 aromatic carbocycles. The molecule has 0 aromatic rings. The lowest BCUT2D eigenvalue weighted by atomic mass is 10.0. The first-order valence-corrected chi connectivity index (χ1v) is 12.6. The third-order valence-corrected chi connectivity index (χ3v) is 5.72. The van der Waals surface area contributed by atoms with Gasteiger partial charge in [0.2, 0.25) is 0 Å².